The average molecular weight is 302 g/mol. The number of ether oxygens (including phenoxy) is 2. The molecule has 1 aliphatic heterocycles. The van der Waals surface area contributed by atoms with Gasteiger partial charge in [0.2, 0.25) is 0 Å². The fourth-order valence-electron chi connectivity index (χ4n) is 2.14. The van der Waals surface area contributed by atoms with Gasteiger partial charge in [0.05, 0.1) is 6.10 Å². The number of rotatable bonds is 7. The largest absolute Gasteiger partial charge is 0.586 e. The summed E-state index contributed by atoms with van der Waals surface area (Å²) in [6, 6.07) is 4.45. The van der Waals surface area contributed by atoms with E-state index >= 15 is 0 Å². The Kier molecular flexibility index (Phi) is 4.84. The standard InChI is InChI=1S/C14H20F2N2O3/c1-3-18(4-2)9-11(19)8-17-10-5-6-12-13(7-10)21-14(15,16)20-12/h5-7,11,17,19H,3-4,8-9H2,1-2H3. The molecule has 0 fully saturated rings. The number of benzene rings is 1. The van der Waals surface area contributed by atoms with Crippen LogP contribution in [0.4, 0.5) is 14.5 Å². The van der Waals surface area contributed by atoms with Crippen molar-refractivity contribution >= 4 is 5.69 Å². The fourth-order valence-corrected chi connectivity index (χ4v) is 2.14. The molecule has 2 N–H and O–H groups in total. The maximum Gasteiger partial charge on any atom is 0.586 e. The SMILES string of the molecule is CCN(CC)CC(O)CNc1ccc2c(c1)OC(F)(F)O2. The normalized spacial score (nSPS) is 17.0. The summed E-state index contributed by atoms with van der Waals surface area (Å²) in [6.45, 7) is 6.68. The second-order valence-corrected chi connectivity index (χ2v) is 4.85. The summed E-state index contributed by atoms with van der Waals surface area (Å²) in [5, 5.41) is 12.9. The van der Waals surface area contributed by atoms with Crippen molar-refractivity contribution in [2.75, 3.05) is 31.5 Å². The first kappa shape index (κ1) is 15.8. The molecule has 5 nitrogen and oxygen atoms in total. The van der Waals surface area contributed by atoms with Crippen molar-refractivity contribution in [2.45, 2.75) is 26.2 Å². The van der Waals surface area contributed by atoms with Crippen molar-refractivity contribution < 1.29 is 23.4 Å². The minimum absolute atomic E-state index is 0.00856. The Morgan fingerprint density at radius 3 is 2.57 bits per heavy atom. The lowest BCUT2D eigenvalue weighted by molar-refractivity contribution is -0.286. The smallest absolute Gasteiger partial charge is 0.395 e. The third kappa shape index (κ3) is 4.18. The maximum atomic E-state index is 12.9. The lowest BCUT2D eigenvalue weighted by atomic mass is 10.2. The molecule has 0 radical (unpaired) electrons. The highest BCUT2D eigenvalue weighted by Gasteiger charge is 2.43. The molecule has 1 aromatic rings. The highest BCUT2D eigenvalue weighted by molar-refractivity contribution is 5.56. The number of hydrogen-bond acceptors (Lipinski definition) is 5. The minimum atomic E-state index is -3.61. The Bertz CT molecular complexity index is 481. The number of halogens is 2. The first-order valence-electron chi connectivity index (χ1n) is 6.97. The number of hydrogen-bond donors (Lipinski definition) is 2. The number of likely N-dealkylation sites (N-methyl/N-ethyl adjacent to an activating group) is 1. The molecule has 0 saturated carbocycles. The lowest BCUT2D eigenvalue weighted by Crippen LogP contribution is -2.35. The van der Waals surface area contributed by atoms with Gasteiger partial charge in [0, 0.05) is 24.8 Å². The van der Waals surface area contributed by atoms with Crippen LogP contribution in [0.5, 0.6) is 11.5 Å². The van der Waals surface area contributed by atoms with Gasteiger partial charge in [-0.15, -0.1) is 8.78 Å². The van der Waals surface area contributed by atoms with E-state index in [1.165, 1.54) is 12.1 Å². The number of aliphatic hydroxyl groups is 1. The van der Waals surface area contributed by atoms with Gasteiger partial charge in [0.15, 0.2) is 11.5 Å². The Labute approximate surface area is 122 Å². The van der Waals surface area contributed by atoms with Crippen LogP contribution in [0.25, 0.3) is 0 Å². The van der Waals surface area contributed by atoms with Gasteiger partial charge in [-0.05, 0) is 25.2 Å². The van der Waals surface area contributed by atoms with Gasteiger partial charge in [-0.2, -0.15) is 0 Å². The quantitative estimate of drug-likeness (QED) is 0.808. The number of fused-ring (bicyclic) bond motifs is 1. The zero-order valence-corrected chi connectivity index (χ0v) is 12.1. The highest BCUT2D eigenvalue weighted by Crippen LogP contribution is 2.42. The molecular formula is C14H20F2N2O3. The number of nitrogens with zero attached hydrogens (tertiary/aromatic N) is 1. The molecule has 1 unspecified atom stereocenters. The molecule has 0 spiro atoms. The van der Waals surface area contributed by atoms with E-state index in [-0.39, 0.29) is 11.5 Å². The third-order valence-electron chi connectivity index (χ3n) is 3.31. The predicted molar refractivity (Wildman–Crippen MR) is 74.9 cm³/mol. The molecule has 0 amide bonds. The molecule has 1 atom stereocenters. The molecule has 2 rings (SSSR count). The molecule has 118 valence electrons. The van der Waals surface area contributed by atoms with E-state index in [1.54, 1.807) is 6.07 Å². The second-order valence-electron chi connectivity index (χ2n) is 4.85. The third-order valence-corrected chi connectivity index (χ3v) is 3.31. The summed E-state index contributed by atoms with van der Waals surface area (Å²) in [5.41, 5.74) is 0.591. The number of alkyl halides is 2. The van der Waals surface area contributed by atoms with E-state index in [0.717, 1.165) is 13.1 Å². The summed E-state index contributed by atoms with van der Waals surface area (Å²) >= 11 is 0. The van der Waals surface area contributed by atoms with Crippen molar-refractivity contribution in [1.82, 2.24) is 4.90 Å². The molecule has 1 aromatic carbocycles. The summed E-state index contributed by atoms with van der Waals surface area (Å²) in [4.78, 5) is 2.10. The first-order chi connectivity index (χ1) is 9.93. The number of nitrogens with one attached hydrogen (secondary N) is 1. The van der Waals surface area contributed by atoms with Crippen LogP contribution in [0.3, 0.4) is 0 Å². The van der Waals surface area contributed by atoms with E-state index in [0.29, 0.717) is 18.8 Å². The van der Waals surface area contributed by atoms with E-state index in [4.69, 9.17) is 0 Å². The molecule has 0 bridgehead atoms. The Hall–Kier alpha value is -1.60. The van der Waals surface area contributed by atoms with Crippen molar-refractivity contribution in [2.24, 2.45) is 0 Å². The van der Waals surface area contributed by atoms with Crippen LogP contribution in [-0.2, 0) is 0 Å². The summed E-state index contributed by atoms with van der Waals surface area (Å²) in [5.74, 6) is -0.00234. The Morgan fingerprint density at radius 1 is 1.24 bits per heavy atom. The van der Waals surface area contributed by atoms with Gasteiger partial charge < -0.3 is 24.8 Å². The van der Waals surface area contributed by atoms with Crippen molar-refractivity contribution in [3.63, 3.8) is 0 Å². The lowest BCUT2D eigenvalue weighted by Gasteiger charge is -2.22. The van der Waals surface area contributed by atoms with Crippen molar-refractivity contribution in [3.05, 3.63) is 18.2 Å². The van der Waals surface area contributed by atoms with Gasteiger partial charge >= 0.3 is 6.29 Å². The van der Waals surface area contributed by atoms with Gasteiger partial charge in [-0.25, -0.2) is 0 Å². The molecule has 0 aromatic heterocycles. The molecular weight excluding hydrogens is 282 g/mol. The van der Waals surface area contributed by atoms with Crippen LogP contribution < -0.4 is 14.8 Å². The van der Waals surface area contributed by atoms with E-state index in [1.807, 2.05) is 13.8 Å². The van der Waals surface area contributed by atoms with Crippen molar-refractivity contribution in [3.8, 4) is 11.5 Å². The number of anilines is 1. The molecule has 7 heteroatoms. The van der Waals surface area contributed by atoms with Crippen LogP contribution >= 0.6 is 0 Å². The second kappa shape index (κ2) is 6.44. The highest BCUT2D eigenvalue weighted by atomic mass is 19.3. The minimum Gasteiger partial charge on any atom is -0.395 e. The van der Waals surface area contributed by atoms with Crippen LogP contribution in [0.1, 0.15) is 13.8 Å². The zero-order chi connectivity index (χ0) is 15.5. The molecule has 0 aliphatic carbocycles. The van der Waals surface area contributed by atoms with E-state index in [9.17, 15) is 13.9 Å². The first-order valence-corrected chi connectivity index (χ1v) is 6.97. The maximum absolute atomic E-state index is 12.9. The Morgan fingerprint density at radius 2 is 1.90 bits per heavy atom. The Balaban J connectivity index is 1.88. The monoisotopic (exact) mass is 302 g/mol. The van der Waals surface area contributed by atoms with Gasteiger partial charge in [-0.1, -0.05) is 13.8 Å². The number of aliphatic hydroxyl groups excluding tert-OH is 1. The van der Waals surface area contributed by atoms with E-state index < -0.39 is 12.4 Å². The van der Waals surface area contributed by atoms with Crippen LogP contribution in [0.2, 0.25) is 0 Å². The van der Waals surface area contributed by atoms with E-state index in [2.05, 4.69) is 19.7 Å². The summed E-state index contributed by atoms with van der Waals surface area (Å²) in [7, 11) is 0. The molecule has 0 saturated heterocycles. The average Bonchev–Trinajstić information content (AvgIpc) is 2.75. The fraction of sp³-hybridized carbons (Fsp3) is 0.571. The summed E-state index contributed by atoms with van der Waals surface area (Å²) < 4.78 is 34.5. The van der Waals surface area contributed by atoms with Gasteiger partial charge in [-0.3, -0.25) is 0 Å². The molecule has 1 heterocycles. The molecule has 1 aliphatic rings. The van der Waals surface area contributed by atoms with Crippen LogP contribution in [-0.4, -0.2) is 48.6 Å². The van der Waals surface area contributed by atoms with Crippen LogP contribution in [0.15, 0.2) is 18.2 Å². The topological polar surface area (TPSA) is 54.0 Å². The molecule has 21 heavy (non-hydrogen) atoms. The predicted octanol–water partition coefficient (Wildman–Crippen LogP) is 2.12. The van der Waals surface area contributed by atoms with Gasteiger partial charge in [0.1, 0.15) is 0 Å². The zero-order valence-electron chi connectivity index (χ0n) is 12.1. The van der Waals surface area contributed by atoms with Gasteiger partial charge in [0.25, 0.3) is 0 Å². The van der Waals surface area contributed by atoms with Crippen LogP contribution in [0, 0.1) is 0 Å². The summed E-state index contributed by atoms with van der Waals surface area (Å²) in [6.07, 6.45) is -4.15. The van der Waals surface area contributed by atoms with Crippen molar-refractivity contribution in [1.29, 1.82) is 0 Å².